The van der Waals surface area contributed by atoms with Gasteiger partial charge in [-0.1, -0.05) is 32.9 Å². The molecule has 0 radical (unpaired) electrons. The van der Waals surface area contributed by atoms with Crippen molar-refractivity contribution in [3.8, 4) is 5.75 Å². The van der Waals surface area contributed by atoms with Crippen molar-refractivity contribution in [1.29, 1.82) is 0 Å². The summed E-state index contributed by atoms with van der Waals surface area (Å²) in [7, 11) is 0. The molecule has 0 unspecified atom stereocenters. The number of ether oxygens (including phenoxy) is 1. The van der Waals surface area contributed by atoms with E-state index in [1.165, 1.54) is 31.2 Å². The van der Waals surface area contributed by atoms with E-state index in [2.05, 4.69) is 52.0 Å². The van der Waals surface area contributed by atoms with Gasteiger partial charge in [-0.05, 0) is 89.3 Å². The Bertz CT molecular complexity index is 524. The van der Waals surface area contributed by atoms with E-state index in [0.29, 0.717) is 11.5 Å². The summed E-state index contributed by atoms with van der Waals surface area (Å²) in [5.41, 5.74) is -0.287. The molecule has 0 bridgehead atoms. The summed E-state index contributed by atoms with van der Waals surface area (Å²) in [5.74, 6) is 1.89. The van der Waals surface area contributed by atoms with Crippen LogP contribution in [0.25, 0.3) is 0 Å². The Morgan fingerprint density at radius 2 is 1.35 bits per heavy atom. The quantitative estimate of drug-likeness (QED) is 0.744. The molecule has 2 rings (SSSR count). The van der Waals surface area contributed by atoms with Crippen molar-refractivity contribution in [2.45, 2.75) is 98.4 Å². The first-order valence-corrected chi connectivity index (χ1v) is 9.88. The first-order valence-electron chi connectivity index (χ1n) is 9.88. The fourth-order valence-corrected chi connectivity index (χ4v) is 2.93. The molecule has 0 saturated heterocycles. The molecule has 0 atom stereocenters. The smallest absolute Gasteiger partial charge is 0.119 e. The molecule has 0 amide bonds. The molecule has 26 heavy (non-hydrogen) atoms. The van der Waals surface area contributed by atoms with Crippen molar-refractivity contribution < 1.29 is 14.9 Å². The van der Waals surface area contributed by atoms with Crippen molar-refractivity contribution >= 4 is 0 Å². The van der Waals surface area contributed by atoms with Gasteiger partial charge in [0.2, 0.25) is 0 Å². The van der Waals surface area contributed by atoms with E-state index in [0.717, 1.165) is 11.7 Å². The normalized spacial score (nSPS) is 21.6. The summed E-state index contributed by atoms with van der Waals surface area (Å²) in [6.45, 7) is 15.5. The highest BCUT2D eigenvalue weighted by molar-refractivity contribution is 5.27. The molecule has 1 saturated carbocycles. The highest BCUT2D eigenvalue weighted by Crippen LogP contribution is 2.38. The molecule has 1 aromatic carbocycles. The van der Waals surface area contributed by atoms with Crippen molar-refractivity contribution in [1.82, 2.24) is 0 Å². The van der Waals surface area contributed by atoms with Gasteiger partial charge < -0.3 is 14.9 Å². The molecule has 0 aromatic heterocycles. The fraction of sp³-hybridized carbons (Fsp3) is 0.739. The Morgan fingerprint density at radius 1 is 0.846 bits per heavy atom. The zero-order valence-corrected chi connectivity index (χ0v) is 18.1. The minimum atomic E-state index is -1.01. The Labute approximate surface area is 160 Å². The standard InChI is InChI=1S/C17H26O.C6H14O2/c1-13-6-5-7-16(12-13)18-15-10-8-14(9-11-15)17(2,3)4;1-5(2,7)6(3,4)8/h5-7,12,14-15H,8-11H2,1-4H3;7-8H,1-4H3. The van der Waals surface area contributed by atoms with Crippen LogP contribution >= 0.6 is 0 Å². The van der Waals surface area contributed by atoms with Gasteiger partial charge in [-0.3, -0.25) is 0 Å². The number of aryl methyl sites for hydroxylation is 1. The average Bonchev–Trinajstić information content (AvgIpc) is 2.45. The molecule has 150 valence electrons. The zero-order valence-electron chi connectivity index (χ0n) is 18.1. The first-order chi connectivity index (χ1) is 11.7. The third-order valence-corrected chi connectivity index (χ3v) is 5.69. The van der Waals surface area contributed by atoms with E-state index in [1.54, 1.807) is 27.7 Å². The molecule has 1 aliphatic carbocycles. The zero-order chi connectivity index (χ0) is 20.2. The summed E-state index contributed by atoms with van der Waals surface area (Å²) < 4.78 is 6.10. The van der Waals surface area contributed by atoms with Crippen molar-refractivity contribution in [2.24, 2.45) is 11.3 Å². The third-order valence-electron chi connectivity index (χ3n) is 5.69. The van der Waals surface area contributed by atoms with E-state index in [4.69, 9.17) is 14.9 Å². The highest BCUT2D eigenvalue weighted by atomic mass is 16.5. The second-order valence-corrected chi connectivity index (χ2v) is 9.89. The molecule has 2 N–H and O–H groups in total. The maximum absolute atomic E-state index is 9.10. The summed E-state index contributed by atoms with van der Waals surface area (Å²) in [6.07, 6.45) is 5.44. The van der Waals surface area contributed by atoms with Crippen LogP contribution in [0.2, 0.25) is 0 Å². The average molecular weight is 365 g/mol. The minimum absolute atomic E-state index is 0.422. The summed E-state index contributed by atoms with van der Waals surface area (Å²) in [5, 5.41) is 18.2. The predicted molar refractivity (Wildman–Crippen MR) is 110 cm³/mol. The monoisotopic (exact) mass is 364 g/mol. The molecule has 0 heterocycles. The van der Waals surface area contributed by atoms with Gasteiger partial charge in [0.1, 0.15) is 5.75 Å². The highest BCUT2D eigenvalue weighted by Gasteiger charge is 2.32. The molecule has 0 aliphatic heterocycles. The van der Waals surface area contributed by atoms with E-state index in [-0.39, 0.29) is 0 Å². The van der Waals surface area contributed by atoms with Crippen LogP contribution < -0.4 is 4.74 Å². The molecule has 1 aromatic rings. The predicted octanol–water partition coefficient (Wildman–Crippen LogP) is 5.51. The maximum Gasteiger partial charge on any atom is 0.119 e. The Kier molecular flexibility index (Phi) is 7.74. The van der Waals surface area contributed by atoms with Crippen molar-refractivity contribution in [2.75, 3.05) is 0 Å². The van der Waals surface area contributed by atoms with Crippen LogP contribution in [-0.4, -0.2) is 27.5 Å². The van der Waals surface area contributed by atoms with Crippen LogP contribution in [0.15, 0.2) is 24.3 Å². The van der Waals surface area contributed by atoms with Crippen LogP contribution in [0.5, 0.6) is 5.75 Å². The van der Waals surface area contributed by atoms with Crippen LogP contribution in [0, 0.1) is 18.3 Å². The molecule has 3 heteroatoms. The maximum atomic E-state index is 9.10. The summed E-state index contributed by atoms with van der Waals surface area (Å²) in [6, 6.07) is 8.40. The van der Waals surface area contributed by atoms with Gasteiger partial charge in [0.05, 0.1) is 17.3 Å². The van der Waals surface area contributed by atoms with Crippen LogP contribution in [0.4, 0.5) is 0 Å². The summed E-state index contributed by atoms with van der Waals surface area (Å²) in [4.78, 5) is 0. The van der Waals surface area contributed by atoms with E-state index in [1.807, 2.05) is 0 Å². The van der Waals surface area contributed by atoms with E-state index >= 15 is 0 Å². The Balaban J connectivity index is 0.000000359. The minimum Gasteiger partial charge on any atom is -0.490 e. The largest absolute Gasteiger partial charge is 0.490 e. The van der Waals surface area contributed by atoms with Gasteiger partial charge in [-0.25, -0.2) is 0 Å². The summed E-state index contributed by atoms with van der Waals surface area (Å²) >= 11 is 0. The fourth-order valence-electron chi connectivity index (χ4n) is 2.93. The molecule has 0 spiro atoms. The van der Waals surface area contributed by atoms with Gasteiger partial charge in [0, 0.05) is 0 Å². The van der Waals surface area contributed by atoms with Gasteiger partial charge in [0.25, 0.3) is 0 Å². The third kappa shape index (κ3) is 7.67. The Morgan fingerprint density at radius 3 is 1.73 bits per heavy atom. The van der Waals surface area contributed by atoms with E-state index < -0.39 is 11.2 Å². The number of rotatable bonds is 3. The van der Waals surface area contributed by atoms with Crippen LogP contribution in [0.1, 0.15) is 79.7 Å². The number of hydrogen-bond acceptors (Lipinski definition) is 3. The Hall–Kier alpha value is -1.06. The van der Waals surface area contributed by atoms with Crippen LogP contribution in [0.3, 0.4) is 0 Å². The van der Waals surface area contributed by atoms with E-state index in [9.17, 15) is 0 Å². The van der Waals surface area contributed by atoms with Gasteiger partial charge in [-0.2, -0.15) is 0 Å². The molecular formula is C23H40O3. The lowest BCUT2D eigenvalue weighted by Gasteiger charge is -2.36. The second kappa shape index (κ2) is 8.75. The van der Waals surface area contributed by atoms with Gasteiger partial charge >= 0.3 is 0 Å². The van der Waals surface area contributed by atoms with Gasteiger partial charge in [0.15, 0.2) is 0 Å². The SMILES string of the molecule is CC(C)(O)C(C)(C)O.Cc1cccc(OC2CCC(C(C)(C)C)CC2)c1. The van der Waals surface area contributed by atoms with Crippen molar-refractivity contribution in [3.05, 3.63) is 29.8 Å². The number of aliphatic hydroxyl groups is 2. The molecular weight excluding hydrogens is 324 g/mol. The van der Waals surface area contributed by atoms with Crippen LogP contribution in [-0.2, 0) is 0 Å². The molecule has 1 aliphatic rings. The lowest BCUT2D eigenvalue weighted by molar-refractivity contribution is -0.107. The first kappa shape index (κ1) is 23.0. The van der Waals surface area contributed by atoms with Crippen molar-refractivity contribution in [3.63, 3.8) is 0 Å². The number of benzene rings is 1. The second-order valence-electron chi connectivity index (χ2n) is 9.89. The topological polar surface area (TPSA) is 49.7 Å². The lowest BCUT2D eigenvalue weighted by Crippen LogP contribution is -2.44. The lowest BCUT2D eigenvalue weighted by atomic mass is 9.72. The molecule has 1 fully saturated rings. The van der Waals surface area contributed by atoms with Gasteiger partial charge in [-0.15, -0.1) is 0 Å². The number of hydrogen-bond donors (Lipinski definition) is 2. The molecule has 3 nitrogen and oxygen atoms in total.